The van der Waals surface area contributed by atoms with Gasteiger partial charge in [-0.2, -0.15) is 8.42 Å². The molecule has 0 bridgehead atoms. The van der Waals surface area contributed by atoms with Gasteiger partial charge in [-0.05, 0) is 77.0 Å². The van der Waals surface area contributed by atoms with Crippen LogP contribution in [-0.2, 0) is 38.7 Å². The van der Waals surface area contributed by atoms with E-state index in [9.17, 15) is 37.9 Å². The number of aliphatic hydroxyl groups is 3. The molecule has 0 radical (unpaired) electrons. The van der Waals surface area contributed by atoms with Crippen LogP contribution in [0.5, 0.6) is 0 Å². The predicted octanol–water partition coefficient (Wildman–Crippen LogP) is 9.56. The standard InChI is InChI=1S/C47H82O12S/c1-3-5-7-9-11-13-15-17-18-19-20-21-22-24-26-28-30-32-34-36-43(49)58-40(38-57-47-46(52)45(51)44(50)41(59-47)39-60(53,54)55)37-56-42(48)35-33-31-29-27-25-23-16-14-12-10-8-6-4-2/h11,13-14,16-18,20-21,40-41,44-47,50-52H,3-10,12,15,19,22-39H2,1-2H3,(H,53,54,55)/b13-11-,16-14-,18-17-,21-20-. The second-order valence-electron chi connectivity index (χ2n) is 16.1. The van der Waals surface area contributed by atoms with Crippen LogP contribution < -0.4 is 0 Å². The molecule has 6 unspecified atom stereocenters. The third-order valence-electron chi connectivity index (χ3n) is 10.4. The van der Waals surface area contributed by atoms with Gasteiger partial charge in [-0.1, -0.05) is 140 Å². The lowest BCUT2D eigenvalue weighted by atomic mass is 10.00. The van der Waals surface area contributed by atoms with Crippen molar-refractivity contribution in [3.8, 4) is 0 Å². The van der Waals surface area contributed by atoms with Crippen LogP contribution in [0.25, 0.3) is 0 Å². The molecule has 0 aromatic rings. The molecule has 0 spiro atoms. The van der Waals surface area contributed by atoms with Crippen molar-refractivity contribution in [2.24, 2.45) is 0 Å². The maximum absolute atomic E-state index is 12.8. The number of ether oxygens (including phenoxy) is 4. The molecule has 1 aliphatic heterocycles. The van der Waals surface area contributed by atoms with Gasteiger partial charge in [-0.25, -0.2) is 0 Å². The molecule has 0 amide bonds. The van der Waals surface area contributed by atoms with Crippen LogP contribution in [0.4, 0.5) is 0 Å². The zero-order valence-corrected chi connectivity index (χ0v) is 37.9. The molecular weight excluding hydrogens is 789 g/mol. The fourth-order valence-corrected chi connectivity index (χ4v) is 7.43. The molecule has 6 atom stereocenters. The molecule has 1 fully saturated rings. The summed E-state index contributed by atoms with van der Waals surface area (Å²) in [5.74, 6) is -2.01. The summed E-state index contributed by atoms with van der Waals surface area (Å²) in [6.45, 7) is 3.69. The van der Waals surface area contributed by atoms with Crippen LogP contribution in [-0.4, -0.2) is 96.0 Å². The first kappa shape index (κ1) is 55.6. The molecule has 0 aromatic heterocycles. The van der Waals surface area contributed by atoms with E-state index in [1.165, 1.54) is 51.4 Å². The van der Waals surface area contributed by atoms with Gasteiger partial charge in [0.1, 0.15) is 36.8 Å². The van der Waals surface area contributed by atoms with Crippen LogP contribution in [0.3, 0.4) is 0 Å². The highest BCUT2D eigenvalue weighted by atomic mass is 32.2. The van der Waals surface area contributed by atoms with Gasteiger partial charge in [0.2, 0.25) is 0 Å². The quantitative estimate of drug-likeness (QED) is 0.0200. The van der Waals surface area contributed by atoms with Crippen molar-refractivity contribution < 1.29 is 56.8 Å². The molecule has 4 N–H and O–H groups in total. The molecule has 1 saturated heterocycles. The summed E-state index contributed by atoms with van der Waals surface area (Å²) in [5, 5.41) is 30.9. The van der Waals surface area contributed by atoms with Crippen molar-refractivity contribution in [2.75, 3.05) is 19.0 Å². The van der Waals surface area contributed by atoms with Gasteiger partial charge in [0, 0.05) is 12.8 Å². The number of esters is 2. The fraction of sp³-hybridized carbons (Fsp3) is 0.787. The highest BCUT2D eigenvalue weighted by Crippen LogP contribution is 2.24. The van der Waals surface area contributed by atoms with E-state index < -0.39 is 71.2 Å². The van der Waals surface area contributed by atoms with Gasteiger partial charge in [0.05, 0.1) is 6.61 Å². The first-order chi connectivity index (χ1) is 29.0. The smallest absolute Gasteiger partial charge is 0.306 e. The lowest BCUT2D eigenvalue weighted by Crippen LogP contribution is -2.60. The average molecular weight is 871 g/mol. The summed E-state index contributed by atoms with van der Waals surface area (Å²) >= 11 is 0. The average Bonchev–Trinajstić information content (AvgIpc) is 3.21. The summed E-state index contributed by atoms with van der Waals surface area (Å²) in [6, 6.07) is 0. The van der Waals surface area contributed by atoms with Gasteiger partial charge in [0.25, 0.3) is 10.1 Å². The van der Waals surface area contributed by atoms with E-state index in [1.54, 1.807) is 0 Å². The van der Waals surface area contributed by atoms with Crippen LogP contribution in [0.1, 0.15) is 181 Å². The summed E-state index contributed by atoms with van der Waals surface area (Å²) < 4.78 is 54.1. The van der Waals surface area contributed by atoms with Crippen molar-refractivity contribution in [2.45, 2.75) is 218 Å². The Morgan fingerprint density at radius 1 is 0.567 bits per heavy atom. The molecule has 1 heterocycles. The minimum atomic E-state index is -4.61. The second kappa shape index (κ2) is 37.2. The van der Waals surface area contributed by atoms with E-state index in [0.29, 0.717) is 12.8 Å². The Kier molecular flexibility index (Phi) is 34.5. The topological polar surface area (TPSA) is 186 Å². The molecule has 0 saturated carbocycles. The van der Waals surface area contributed by atoms with Crippen molar-refractivity contribution in [1.29, 1.82) is 0 Å². The number of carbonyl (C=O) groups is 2. The van der Waals surface area contributed by atoms with Crippen molar-refractivity contribution in [1.82, 2.24) is 0 Å². The van der Waals surface area contributed by atoms with Crippen LogP contribution in [0, 0.1) is 0 Å². The minimum Gasteiger partial charge on any atom is -0.462 e. The summed E-state index contributed by atoms with van der Waals surface area (Å²) in [6.07, 6.45) is 34.3. The van der Waals surface area contributed by atoms with Crippen molar-refractivity contribution >= 4 is 22.1 Å². The van der Waals surface area contributed by atoms with E-state index in [0.717, 1.165) is 89.9 Å². The Labute approximate surface area is 363 Å². The Morgan fingerprint density at radius 2 is 1.00 bits per heavy atom. The van der Waals surface area contributed by atoms with E-state index in [4.69, 9.17) is 18.9 Å². The second-order valence-corrected chi connectivity index (χ2v) is 17.6. The highest BCUT2D eigenvalue weighted by molar-refractivity contribution is 7.85. The lowest BCUT2D eigenvalue weighted by molar-refractivity contribution is -0.297. The van der Waals surface area contributed by atoms with E-state index in [2.05, 4.69) is 62.5 Å². The van der Waals surface area contributed by atoms with Crippen LogP contribution >= 0.6 is 0 Å². The SMILES string of the molecule is CCCCC/C=C\C/C=C\C/C=C\CCCCCCCCC(=O)OC(COC(=O)CCCCCCC/C=C\CCCCCC)COC1OC(CS(=O)(=O)O)C(O)C(O)C1O. The molecule has 12 nitrogen and oxygen atoms in total. The van der Waals surface area contributed by atoms with E-state index in [-0.39, 0.29) is 19.4 Å². The Balaban J connectivity index is 2.45. The normalized spacial score (nSPS) is 20.5. The number of carbonyl (C=O) groups excluding carboxylic acids is 2. The summed E-state index contributed by atoms with van der Waals surface area (Å²) in [7, 11) is -4.61. The Morgan fingerprint density at radius 3 is 1.53 bits per heavy atom. The summed E-state index contributed by atoms with van der Waals surface area (Å²) in [4.78, 5) is 25.4. The zero-order valence-electron chi connectivity index (χ0n) is 37.1. The Bertz CT molecular complexity index is 1300. The van der Waals surface area contributed by atoms with E-state index >= 15 is 0 Å². The maximum Gasteiger partial charge on any atom is 0.306 e. The molecule has 0 aliphatic carbocycles. The third-order valence-corrected chi connectivity index (χ3v) is 11.1. The number of hydrogen-bond donors (Lipinski definition) is 4. The zero-order chi connectivity index (χ0) is 44.1. The van der Waals surface area contributed by atoms with Gasteiger partial charge in [-0.15, -0.1) is 0 Å². The predicted molar refractivity (Wildman–Crippen MR) is 238 cm³/mol. The molecule has 1 aliphatic rings. The maximum atomic E-state index is 12.8. The molecule has 60 heavy (non-hydrogen) atoms. The Hall–Kier alpha value is -2.39. The van der Waals surface area contributed by atoms with Crippen LogP contribution in [0.15, 0.2) is 48.6 Å². The lowest BCUT2D eigenvalue weighted by Gasteiger charge is -2.40. The van der Waals surface area contributed by atoms with Gasteiger partial charge in [-0.3, -0.25) is 14.1 Å². The molecule has 1 rings (SSSR count). The molecule has 0 aromatic carbocycles. The molecular formula is C47H82O12S. The number of unbranched alkanes of at least 4 members (excludes halogenated alkanes) is 18. The number of hydrogen-bond acceptors (Lipinski definition) is 11. The van der Waals surface area contributed by atoms with Gasteiger partial charge in [0.15, 0.2) is 12.4 Å². The van der Waals surface area contributed by atoms with Crippen molar-refractivity contribution in [3.63, 3.8) is 0 Å². The molecule has 13 heteroatoms. The first-order valence-corrected chi connectivity index (χ1v) is 24.8. The van der Waals surface area contributed by atoms with Gasteiger partial charge >= 0.3 is 11.9 Å². The number of rotatable bonds is 38. The monoisotopic (exact) mass is 871 g/mol. The fourth-order valence-electron chi connectivity index (χ4n) is 6.74. The van der Waals surface area contributed by atoms with Crippen LogP contribution in [0.2, 0.25) is 0 Å². The van der Waals surface area contributed by atoms with Crippen molar-refractivity contribution in [3.05, 3.63) is 48.6 Å². The largest absolute Gasteiger partial charge is 0.462 e. The number of aliphatic hydroxyl groups excluding tert-OH is 3. The number of allylic oxidation sites excluding steroid dienone is 8. The highest BCUT2D eigenvalue weighted by Gasteiger charge is 2.46. The van der Waals surface area contributed by atoms with E-state index in [1.807, 2.05) is 0 Å². The minimum absolute atomic E-state index is 0.147. The molecule has 348 valence electrons. The third kappa shape index (κ3) is 31.5. The van der Waals surface area contributed by atoms with Gasteiger partial charge < -0.3 is 34.3 Å². The summed E-state index contributed by atoms with van der Waals surface area (Å²) in [5.41, 5.74) is 0. The first-order valence-electron chi connectivity index (χ1n) is 23.2.